The molecule has 2 aliphatic rings. The average Bonchev–Trinajstić information content (AvgIpc) is 2.80. The van der Waals surface area contributed by atoms with E-state index in [0.717, 1.165) is 0 Å². The largest absolute Gasteiger partial charge is 0.353 e. The molecule has 0 aliphatic heterocycles. The molecule has 1 spiro atoms. The van der Waals surface area contributed by atoms with Gasteiger partial charge in [-0.2, -0.15) is 0 Å². The predicted molar refractivity (Wildman–Crippen MR) is 69.8 cm³/mol. The van der Waals surface area contributed by atoms with Gasteiger partial charge in [0.15, 0.2) is 5.79 Å². The van der Waals surface area contributed by atoms with Gasteiger partial charge in [0, 0.05) is 20.1 Å². The predicted octanol–water partition coefficient (Wildman–Crippen LogP) is 3.99. The maximum absolute atomic E-state index is 5.68. The van der Waals surface area contributed by atoms with Crippen molar-refractivity contribution in [3.63, 3.8) is 0 Å². The maximum Gasteiger partial charge on any atom is 0.167 e. The van der Waals surface area contributed by atoms with Gasteiger partial charge in [0.25, 0.3) is 0 Å². The summed E-state index contributed by atoms with van der Waals surface area (Å²) in [6, 6.07) is 0. The van der Waals surface area contributed by atoms with Gasteiger partial charge in [0.05, 0.1) is 0 Å². The SMILES string of the molecule is COC(C)(OC)C1CC2(CCCC2)CC[C@H]1C. The lowest BCUT2D eigenvalue weighted by molar-refractivity contribution is -0.248. The molecule has 2 saturated carbocycles. The molecule has 17 heavy (non-hydrogen) atoms. The summed E-state index contributed by atoms with van der Waals surface area (Å²) in [4.78, 5) is 0. The summed E-state index contributed by atoms with van der Waals surface area (Å²) in [5, 5.41) is 0. The summed E-state index contributed by atoms with van der Waals surface area (Å²) in [6.07, 6.45) is 9.78. The van der Waals surface area contributed by atoms with Gasteiger partial charge in [-0.05, 0) is 50.4 Å². The molecule has 0 aromatic carbocycles. The van der Waals surface area contributed by atoms with Crippen LogP contribution in [-0.2, 0) is 9.47 Å². The molecule has 2 atom stereocenters. The first kappa shape index (κ1) is 13.4. The van der Waals surface area contributed by atoms with Gasteiger partial charge in [0.2, 0.25) is 0 Å². The van der Waals surface area contributed by atoms with Crippen molar-refractivity contribution >= 4 is 0 Å². The van der Waals surface area contributed by atoms with Gasteiger partial charge in [0.1, 0.15) is 0 Å². The van der Waals surface area contributed by atoms with Crippen LogP contribution in [-0.4, -0.2) is 20.0 Å². The maximum atomic E-state index is 5.68. The van der Waals surface area contributed by atoms with E-state index in [0.29, 0.717) is 17.3 Å². The number of hydrogen-bond acceptors (Lipinski definition) is 2. The Morgan fingerprint density at radius 2 is 1.65 bits per heavy atom. The second-order valence-corrected chi connectivity index (χ2v) is 6.46. The molecular formula is C15H28O2. The summed E-state index contributed by atoms with van der Waals surface area (Å²) in [6.45, 7) is 4.48. The van der Waals surface area contributed by atoms with Crippen molar-refractivity contribution in [2.75, 3.05) is 14.2 Å². The minimum Gasteiger partial charge on any atom is -0.353 e. The van der Waals surface area contributed by atoms with E-state index in [1.54, 1.807) is 14.2 Å². The van der Waals surface area contributed by atoms with E-state index >= 15 is 0 Å². The lowest BCUT2D eigenvalue weighted by Crippen LogP contribution is -2.47. The fourth-order valence-corrected chi connectivity index (χ4v) is 4.17. The van der Waals surface area contributed by atoms with Crippen LogP contribution < -0.4 is 0 Å². The fraction of sp³-hybridized carbons (Fsp3) is 1.00. The Bertz CT molecular complexity index is 252. The minimum atomic E-state index is -0.393. The van der Waals surface area contributed by atoms with E-state index in [9.17, 15) is 0 Å². The van der Waals surface area contributed by atoms with Crippen LogP contribution >= 0.6 is 0 Å². The molecule has 0 saturated heterocycles. The van der Waals surface area contributed by atoms with Crippen LogP contribution in [0.25, 0.3) is 0 Å². The first-order valence-electron chi connectivity index (χ1n) is 7.15. The van der Waals surface area contributed by atoms with Crippen molar-refractivity contribution in [2.24, 2.45) is 17.3 Å². The molecule has 0 radical (unpaired) electrons. The average molecular weight is 240 g/mol. The first-order chi connectivity index (χ1) is 8.05. The minimum absolute atomic E-state index is 0.393. The zero-order chi connectivity index (χ0) is 12.5. The van der Waals surface area contributed by atoms with E-state index in [4.69, 9.17) is 9.47 Å². The Morgan fingerprint density at radius 1 is 1.06 bits per heavy atom. The quantitative estimate of drug-likeness (QED) is 0.694. The molecule has 0 aromatic heterocycles. The third-order valence-electron chi connectivity index (χ3n) is 5.62. The van der Waals surface area contributed by atoms with E-state index in [-0.39, 0.29) is 0 Å². The molecule has 100 valence electrons. The van der Waals surface area contributed by atoms with Gasteiger partial charge in [-0.25, -0.2) is 0 Å². The van der Waals surface area contributed by atoms with Crippen molar-refractivity contribution in [2.45, 2.75) is 64.6 Å². The molecule has 2 rings (SSSR count). The lowest BCUT2D eigenvalue weighted by atomic mass is 9.62. The number of ether oxygens (including phenoxy) is 2. The van der Waals surface area contributed by atoms with Crippen LogP contribution in [0.3, 0.4) is 0 Å². The van der Waals surface area contributed by atoms with Crippen LogP contribution in [0.4, 0.5) is 0 Å². The molecule has 2 aliphatic carbocycles. The molecule has 2 fully saturated rings. The first-order valence-corrected chi connectivity index (χ1v) is 7.15. The zero-order valence-electron chi connectivity index (χ0n) is 11.9. The summed E-state index contributed by atoms with van der Waals surface area (Å²) in [5.41, 5.74) is 0.621. The fourth-order valence-electron chi connectivity index (χ4n) is 4.17. The van der Waals surface area contributed by atoms with E-state index in [2.05, 4.69) is 13.8 Å². The van der Waals surface area contributed by atoms with E-state index < -0.39 is 5.79 Å². The Labute approximate surface area is 106 Å². The number of hydrogen-bond donors (Lipinski definition) is 0. The van der Waals surface area contributed by atoms with Crippen molar-refractivity contribution in [3.8, 4) is 0 Å². The zero-order valence-corrected chi connectivity index (χ0v) is 11.9. The smallest absolute Gasteiger partial charge is 0.167 e. The van der Waals surface area contributed by atoms with E-state index in [1.807, 2.05) is 0 Å². The monoisotopic (exact) mass is 240 g/mol. The Kier molecular flexibility index (Phi) is 3.84. The van der Waals surface area contributed by atoms with Crippen LogP contribution in [0, 0.1) is 17.3 Å². The number of rotatable bonds is 3. The Morgan fingerprint density at radius 3 is 2.18 bits per heavy atom. The highest BCUT2D eigenvalue weighted by Crippen LogP contribution is 2.54. The van der Waals surface area contributed by atoms with Crippen LogP contribution in [0.1, 0.15) is 58.8 Å². The van der Waals surface area contributed by atoms with E-state index in [1.165, 1.54) is 44.9 Å². The third-order valence-corrected chi connectivity index (χ3v) is 5.62. The molecule has 0 aromatic rings. The molecule has 2 heteroatoms. The summed E-state index contributed by atoms with van der Waals surface area (Å²) in [5.74, 6) is 0.866. The van der Waals surface area contributed by atoms with Gasteiger partial charge in [-0.15, -0.1) is 0 Å². The standard InChI is InChI=1S/C15H28O2/c1-12-7-10-15(8-5-6-9-15)11-13(12)14(2,16-3)17-4/h12-13H,5-11H2,1-4H3/t12-,13?/m1/s1. The molecule has 0 N–H and O–H groups in total. The second-order valence-electron chi connectivity index (χ2n) is 6.46. The lowest BCUT2D eigenvalue weighted by Gasteiger charge is -2.48. The number of methoxy groups -OCH3 is 2. The van der Waals surface area contributed by atoms with Gasteiger partial charge < -0.3 is 9.47 Å². The van der Waals surface area contributed by atoms with Crippen LogP contribution in [0.15, 0.2) is 0 Å². The Hall–Kier alpha value is -0.0800. The molecule has 2 nitrogen and oxygen atoms in total. The van der Waals surface area contributed by atoms with Gasteiger partial charge in [-0.1, -0.05) is 19.8 Å². The highest BCUT2D eigenvalue weighted by Gasteiger charge is 2.48. The van der Waals surface area contributed by atoms with Crippen molar-refractivity contribution < 1.29 is 9.47 Å². The second kappa shape index (κ2) is 4.89. The molecule has 0 amide bonds. The van der Waals surface area contributed by atoms with Crippen molar-refractivity contribution in [3.05, 3.63) is 0 Å². The van der Waals surface area contributed by atoms with Gasteiger partial charge >= 0.3 is 0 Å². The topological polar surface area (TPSA) is 18.5 Å². The van der Waals surface area contributed by atoms with Crippen LogP contribution in [0.2, 0.25) is 0 Å². The van der Waals surface area contributed by atoms with Gasteiger partial charge in [-0.3, -0.25) is 0 Å². The highest BCUT2D eigenvalue weighted by molar-refractivity contribution is 4.95. The summed E-state index contributed by atoms with van der Waals surface area (Å²) < 4.78 is 11.4. The summed E-state index contributed by atoms with van der Waals surface area (Å²) in [7, 11) is 3.57. The normalized spacial score (nSPS) is 33.2. The van der Waals surface area contributed by atoms with Crippen molar-refractivity contribution in [1.82, 2.24) is 0 Å². The summed E-state index contributed by atoms with van der Waals surface area (Å²) >= 11 is 0. The van der Waals surface area contributed by atoms with Crippen LogP contribution in [0.5, 0.6) is 0 Å². The van der Waals surface area contributed by atoms with Crippen molar-refractivity contribution in [1.29, 1.82) is 0 Å². The highest BCUT2D eigenvalue weighted by atomic mass is 16.7. The molecule has 0 heterocycles. The molecule has 0 bridgehead atoms. The molecular weight excluding hydrogens is 212 g/mol. The third kappa shape index (κ3) is 2.39. The Balaban J connectivity index is 2.14. The molecule has 1 unspecified atom stereocenters.